The first-order valence-electron chi connectivity index (χ1n) is 7.11. The van der Waals surface area contributed by atoms with Gasteiger partial charge < -0.3 is 4.90 Å². The van der Waals surface area contributed by atoms with Crippen LogP contribution in [0, 0.1) is 0 Å². The standard InChI is InChI=1S/C12H14BrF3N6O/c1-2-3-4-5-20-6-21(13)8-7(9(20)23)22-10(12(14,15)16)18-19-11(22)17-8/h2-6H2,1H3,(H,17,19). The molecule has 0 saturated heterocycles. The molecule has 11 heteroatoms. The number of carbonyl (C=O) groups excluding carboxylic acids is 1. The molecule has 1 N–H and O–H groups in total. The van der Waals surface area contributed by atoms with Crippen LogP contribution in [0.15, 0.2) is 0 Å². The number of carbonyl (C=O) groups is 1. The third-order valence-electron chi connectivity index (χ3n) is 3.63. The molecule has 23 heavy (non-hydrogen) atoms. The number of hydrogen-bond donors (Lipinski definition) is 1. The number of unbranched alkanes of at least 4 members (excludes halogenated alkanes) is 2. The lowest BCUT2D eigenvalue weighted by Gasteiger charge is -2.31. The molecule has 0 bridgehead atoms. The van der Waals surface area contributed by atoms with Crippen molar-refractivity contribution in [2.24, 2.45) is 0 Å². The number of H-pyrrole nitrogens is 1. The van der Waals surface area contributed by atoms with Gasteiger partial charge in [0.15, 0.2) is 11.5 Å². The minimum atomic E-state index is -4.69. The molecule has 7 nitrogen and oxygen atoms in total. The lowest BCUT2D eigenvalue weighted by atomic mass is 10.2. The van der Waals surface area contributed by atoms with Gasteiger partial charge in [-0.15, -0.1) is 5.10 Å². The van der Waals surface area contributed by atoms with E-state index in [-0.39, 0.29) is 24.0 Å². The van der Waals surface area contributed by atoms with Gasteiger partial charge in [0.2, 0.25) is 11.6 Å². The predicted octanol–water partition coefficient (Wildman–Crippen LogP) is 2.80. The molecule has 3 rings (SSSR count). The highest BCUT2D eigenvalue weighted by Gasteiger charge is 2.42. The Morgan fingerprint density at radius 2 is 2.09 bits per heavy atom. The summed E-state index contributed by atoms with van der Waals surface area (Å²) in [6.07, 6.45) is -1.96. The van der Waals surface area contributed by atoms with Crippen molar-refractivity contribution < 1.29 is 18.0 Å². The number of nitrogens with zero attached hydrogens (tertiary/aromatic N) is 5. The van der Waals surface area contributed by atoms with E-state index in [2.05, 4.69) is 31.3 Å². The van der Waals surface area contributed by atoms with Crippen LogP contribution in [-0.4, -0.2) is 43.6 Å². The second-order valence-corrected chi connectivity index (χ2v) is 6.12. The molecule has 0 saturated carbocycles. The Hall–Kier alpha value is -1.78. The van der Waals surface area contributed by atoms with Crippen LogP contribution in [0.4, 0.5) is 19.0 Å². The summed E-state index contributed by atoms with van der Waals surface area (Å²) in [4.78, 5) is 18.1. The average Bonchev–Trinajstić information content (AvgIpc) is 3.02. The highest BCUT2D eigenvalue weighted by atomic mass is 79.9. The van der Waals surface area contributed by atoms with Gasteiger partial charge in [-0.3, -0.25) is 8.72 Å². The Balaban J connectivity index is 2.05. The Bertz CT molecular complexity index is 739. The summed E-state index contributed by atoms with van der Waals surface area (Å²) in [5.74, 6) is -1.63. The van der Waals surface area contributed by atoms with E-state index in [0.29, 0.717) is 6.54 Å². The maximum Gasteiger partial charge on any atom is 0.452 e. The maximum atomic E-state index is 13.1. The zero-order chi connectivity index (χ0) is 16.8. The zero-order valence-corrected chi connectivity index (χ0v) is 13.8. The van der Waals surface area contributed by atoms with E-state index in [0.717, 1.165) is 23.7 Å². The van der Waals surface area contributed by atoms with Gasteiger partial charge in [-0.05, 0) is 6.42 Å². The summed E-state index contributed by atoms with van der Waals surface area (Å²) in [5.41, 5.74) is -0.138. The van der Waals surface area contributed by atoms with Crippen molar-refractivity contribution in [3.05, 3.63) is 11.5 Å². The van der Waals surface area contributed by atoms with Crippen LogP contribution in [-0.2, 0) is 6.18 Å². The highest BCUT2D eigenvalue weighted by Crippen LogP contribution is 2.34. The van der Waals surface area contributed by atoms with Crippen LogP contribution in [0.2, 0.25) is 0 Å². The number of amides is 1. The molecule has 3 heterocycles. The number of aromatic nitrogens is 4. The fourth-order valence-corrected chi connectivity index (χ4v) is 3.07. The molecule has 2 aromatic rings. The van der Waals surface area contributed by atoms with Crippen LogP contribution in [0.25, 0.3) is 5.78 Å². The number of anilines is 1. The van der Waals surface area contributed by atoms with Gasteiger partial charge in [0, 0.05) is 6.54 Å². The van der Waals surface area contributed by atoms with Crippen LogP contribution in [0.5, 0.6) is 0 Å². The average molecular weight is 395 g/mol. The first-order chi connectivity index (χ1) is 10.8. The molecule has 1 aliphatic heterocycles. The highest BCUT2D eigenvalue weighted by molar-refractivity contribution is 9.10. The van der Waals surface area contributed by atoms with Crippen molar-refractivity contribution in [3.8, 4) is 0 Å². The van der Waals surface area contributed by atoms with Crippen LogP contribution >= 0.6 is 16.1 Å². The number of fused-ring (bicyclic) bond motifs is 3. The van der Waals surface area contributed by atoms with Crippen LogP contribution < -0.4 is 3.93 Å². The quantitative estimate of drug-likeness (QED) is 0.639. The molecular weight excluding hydrogens is 381 g/mol. The van der Waals surface area contributed by atoms with Gasteiger partial charge in [-0.25, -0.2) is 9.50 Å². The summed E-state index contributed by atoms with van der Waals surface area (Å²) in [6, 6.07) is 0. The van der Waals surface area contributed by atoms with E-state index in [1.165, 1.54) is 8.83 Å². The van der Waals surface area contributed by atoms with E-state index in [1.807, 2.05) is 6.92 Å². The van der Waals surface area contributed by atoms with E-state index in [9.17, 15) is 18.0 Å². The Morgan fingerprint density at radius 3 is 2.74 bits per heavy atom. The number of halogens is 4. The molecule has 0 fully saturated rings. The van der Waals surface area contributed by atoms with Gasteiger partial charge >= 0.3 is 6.18 Å². The number of nitrogens with one attached hydrogen (secondary N) is 1. The first kappa shape index (κ1) is 16.1. The molecule has 126 valence electrons. The smallest absolute Gasteiger partial charge is 0.319 e. The number of aromatic amines is 1. The van der Waals surface area contributed by atoms with Gasteiger partial charge in [0.1, 0.15) is 6.67 Å². The molecule has 0 unspecified atom stereocenters. The maximum absolute atomic E-state index is 13.1. The topological polar surface area (TPSA) is 69.5 Å². The van der Waals surface area contributed by atoms with Gasteiger partial charge in [-0.1, -0.05) is 19.8 Å². The second-order valence-electron chi connectivity index (χ2n) is 5.27. The fraction of sp³-hybridized carbons (Fsp3) is 0.583. The number of hydrogen-bond acceptors (Lipinski definition) is 4. The largest absolute Gasteiger partial charge is 0.452 e. The summed E-state index contributed by atoms with van der Waals surface area (Å²) >= 11 is 3.25. The predicted molar refractivity (Wildman–Crippen MR) is 79.2 cm³/mol. The number of alkyl halides is 3. The van der Waals surface area contributed by atoms with Crippen molar-refractivity contribution >= 4 is 33.6 Å². The van der Waals surface area contributed by atoms with Crippen LogP contribution in [0.3, 0.4) is 0 Å². The molecular formula is C12H14BrF3N6O. The molecule has 1 aliphatic rings. The Morgan fingerprint density at radius 1 is 1.35 bits per heavy atom. The first-order valence-corrected chi connectivity index (χ1v) is 7.82. The molecule has 0 radical (unpaired) electrons. The third-order valence-corrected chi connectivity index (χ3v) is 4.19. The lowest BCUT2D eigenvalue weighted by Crippen LogP contribution is -2.44. The molecule has 0 atom stereocenters. The number of imidazole rings is 1. The van der Waals surface area contributed by atoms with E-state index < -0.39 is 17.9 Å². The molecule has 0 spiro atoms. The van der Waals surface area contributed by atoms with Gasteiger partial charge in [-0.2, -0.15) is 18.2 Å². The summed E-state index contributed by atoms with van der Waals surface area (Å²) < 4.78 is 41.5. The fourth-order valence-electron chi connectivity index (χ4n) is 2.55. The van der Waals surface area contributed by atoms with Crippen molar-refractivity contribution in [1.29, 1.82) is 0 Å². The minimum absolute atomic E-state index is 0.115. The van der Waals surface area contributed by atoms with Crippen molar-refractivity contribution in [2.45, 2.75) is 32.4 Å². The lowest BCUT2D eigenvalue weighted by molar-refractivity contribution is -0.145. The summed E-state index contributed by atoms with van der Waals surface area (Å²) in [6.45, 7) is 2.74. The molecule has 0 aliphatic carbocycles. The van der Waals surface area contributed by atoms with E-state index >= 15 is 0 Å². The molecule has 1 amide bonds. The van der Waals surface area contributed by atoms with E-state index in [1.54, 1.807) is 0 Å². The normalized spacial score (nSPS) is 15.6. The van der Waals surface area contributed by atoms with Crippen molar-refractivity contribution in [3.63, 3.8) is 0 Å². The SMILES string of the molecule is CCCCCN1CN(Br)c2nc3[nH]nc(C(F)(F)F)n3c2C1=O. The third kappa shape index (κ3) is 2.66. The van der Waals surface area contributed by atoms with Gasteiger partial charge in [0.25, 0.3) is 5.91 Å². The Labute approximate surface area is 137 Å². The van der Waals surface area contributed by atoms with Gasteiger partial charge in [0.05, 0.1) is 16.1 Å². The monoisotopic (exact) mass is 394 g/mol. The summed E-state index contributed by atoms with van der Waals surface area (Å²) in [5, 5.41) is 5.46. The second kappa shape index (κ2) is 5.69. The van der Waals surface area contributed by atoms with E-state index in [4.69, 9.17) is 0 Å². The zero-order valence-electron chi connectivity index (χ0n) is 12.2. The molecule has 2 aromatic heterocycles. The summed E-state index contributed by atoms with van der Waals surface area (Å²) in [7, 11) is 0. The number of rotatable bonds is 4. The Kier molecular flexibility index (Phi) is 3.98. The van der Waals surface area contributed by atoms with Crippen molar-refractivity contribution in [1.82, 2.24) is 24.5 Å². The van der Waals surface area contributed by atoms with Crippen molar-refractivity contribution in [2.75, 3.05) is 17.1 Å². The minimum Gasteiger partial charge on any atom is -0.319 e. The van der Waals surface area contributed by atoms with Crippen LogP contribution in [0.1, 0.15) is 42.5 Å². The molecule has 0 aromatic carbocycles.